The first-order valence-electron chi connectivity index (χ1n) is 11.5. The van der Waals surface area contributed by atoms with Crippen molar-refractivity contribution in [2.24, 2.45) is 5.92 Å². The predicted molar refractivity (Wildman–Crippen MR) is 122 cm³/mol. The Bertz CT molecular complexity index is 1160. The summed E-state index contributed by atoms with van der Waals surface area (Å²) in [4.78, 5) is 26.4. The van der Waals surface area contributed by atoms with Gasteiger partial charge < -0.3 is 14.6 Å². The highest BCUT2D eigenvalue weighted by molar-refractivity contribution is 5.93. The summed E-state index contributed by atoms with van der Waals surface area (Å²) >= 11 is 0. The molecule has 170 valence electrons. The minimum atomic E-state index is -1.23. The fourth-order valence-corrected chi connectivity index (χ4v) is 5.82. The lowest BCUT2D eigenvalue weighted by Crippen LogP contribution is -2.57. The Labute approximate surface area is 193 Å². The number of allylic oxidation sites excluding steroid dienone is 2. The Morgan fingerprint density at radius 2 is 2.03 bits per heavy atom. The highest BCUT2D eigenvalue weighted by Gasteiger charge is 2.81. The predicted octanol–water partition coefficient (Wildman–Crippen LogP) is 3.47. The Morgan fingerprint density at radius 3 is 2.82 bits per heavy atom. The van der Waals surface area contributed by atoms with Crippen molar-refractivity contribution < 1.29 is 24.2 Å². The van der Waals surface area contributed by atoms with Crippen LogP contribution in [-0.4, -0.2) is 40.8 Å². The standard InChI is InChI=1S/C27H27NO5/c1-19(29)18-25(2,31)16-17-32-24(30)28-22-13-8-7-12-21(22)27-20-10-5-3-4-6-14-23(28)26(27,33-27)15-9-11-20/h3-4,7-8,12-13,20,23,31H,9,11,15-18H2,1-2H3/b4-3-/t20-,23-,25?,26-,27+/m0/s1. The molecule has 0 radical (unpaired) electrons. The highest BCUT2D eigenvalue weighted by Crippen LogP contribution is 2.72. The number of fused-ring (bicyclic) bond motifs is 1. The van der Waals surface area contributed by atoms with Gasteiger partial charge in [-0.05, 0) is 51.3 Å². The molecule has 2 aliphatic carbocycles. The molecular weight excluding hydrogens is 418 g/mol. The maximum absolute atomic E-state index is 13.4. The van der Waals surface area contributed by atoms with E-state index < -0.39 is 28.9 Å². The smallest absolute Gasteiger partial charge is 0.415 e. The second-order valence-electron chi connectivity index (χ2n) is 9.61. The summed E-state index contributed by atoms with van der Waals surface area (Å²) < 4.78 is 12.2. The van der Waals surface area contributed by atoms with Crippen molar-refractivity contribution in [3.63, 3.8) is 0 Å². The van der Waals surface area contributed by atoms with Crippen LogP contribution in [0.15, 0.2) is 36.4 Å². The maximum atomic E-state index is 13.4. The van der Waals surface area contributed by atoms with Crippen LogP contribution in [0.25, 0.3) is 0 Å². The Balaban J connectivity index is 1.50. The fraction of sp³-hybridized carbons (Fsp3) is 0.481. The van der Waals surface area contributed by atoms with E-state index in [2.05, 4.69) is 23.7 Å². The molecule has 6 heteroatoms. The zero-order chi connectivity index (χ0) is 23.3. The number of anilines is 1. The maximum Gasteiger partial charge on any atom is 0.415 e. The van der Waals surface area contributed by atoms with Gasteiger partial charge >= 0.3 is 6.09 Å². The van der Waals surface area contributed by atoms with Gasteiger partial charge in [-0.2, -0.15) is 0 Å². The third kappa shape index (κ3) is 3.37. The summed E-state index contributed by atoms with van der Waals surface area (Å²) in [5.41, 5.74) is -0.733. The molecule has 4 aliphatic rings. The van der Waals surface area contributed by atoms with Crippen LogP contribution >= 0.6 is 0 Å². The normalized spacial score (nSPS) is 32.9. The lowest BCUT2D eigenvalue weighted by molar-refractivity contribution is -0.121. The van der Waals surface area contributed by atoms with E-state index >= 15 is 0 Å². The number of aliphatic hydroxyl groups is 1. The highest BCUT2D eigenvalue weighted by atomic mass is 16.6. The zero-order valence-corrected chi connectivity index (χ0v) is 18.9. The first-order valence-corrected chi connectivity index (χ1v) is 11.5. The second kappa shape index (κ2) is 7.76. The van der Waals surface area contributed by atoms with Gasteiger partial charge in [-0.15, -0.1) is 0 Å². The Hall–Kier alpha value is -3.06. The van der Waals surface area contributed by atoms with Crippen molar-refractivity contribution in [1.82, 2.24) is 0 Å². The molecule has 0 spiro atoms. The molecule has 5 atom stereocenters. The molecule has 1 N–H and O–H groups in total. The molecular formula is C27H27NO5. The molecule has 1 amide bonds. The van der Waals surface area contributed by atoms with Crippen molar-refractivity contribution in [3.8, 4) is 23.7 Å². The minimum Gasteiger partial charge on any atom is -0.449 e. The quantitative estimate of drug-likeness (QED) is 0.555. The number of amides is 1. The third-order valence-electron chi connectivity index (χ3n) is 7.15. The summed E-state index contributed by atoms with van der Waals surface area (Å²) in [6.07, 6.45) is 5.77. The Morgan fingerprint density at radius 1 is 1.27 bits per heavy atom. The van der Waals surface area contributed by atoms with Crippen molar-refractivity contribution in [1.29, 1.82) is 0 Å². The van der Waals surface area contributed by atoms with Gasteiger partial charge in [-0.1, -0.05) is 41.9 Å². The van der Waals surface area contributed by atoms with Gasteiger partial charge in [0.05, 0.1) is 23.8 Å². The molecule has 6 nitrogen and oxygen atoms in total. The number of ether oxygens (including phenoxy) is 2. The van der Waals surface area contributed by atoms with Crippen LogP contribution in [0.1, 0.15) is 51.5 Å². The van der Waals surface area contributed by atoms with E-state index in [9.17, 15) is 14.7 Å². The fourth-order valence-electron chi connectivity index (χ4n) is 5.82. The van der Waals surface area contributed by atoms with Crippen molar-refractivity contribution in [3.05, 3.63) is 42.0 Å². The van der Waals surface area contributed by atoms with Crippen molar-refractivity contribution in [2.45, 2.75) is 68.8 Å². The molecule has 2 aliphatic heterocycles. The number of benzene rings is 1. The SMILES string of the molecule is CC(=O)CC(C)(O)CCOC(=O)N1c2ccccc2[C@@]23O[C@]24CCC[C@@H]3C#C/C=C\C#C[C@H]14. The number of para-hydroxylation sites is 1. The first kappa shape index (κ1) is 21.8. The number of Topliss-reactive ketones (excluding diaryl/α,β-unsaturated/α-hetero) is 1. The number of epoxide rings is 1. The van der Waals surface area contributed by atoms with E-state index in [0.29, 0.717) is 0 Å². The van der Waals surface area contributed by atoms with E-state index in [-0.39, 0.29) is 31.1 Å². The number of carbonyl (C=O) groups excluding carboxylic acids is 2. The number of rotatable bonds is 5. The summed E-state index contributed by atoms with van der Waals surface area (Å²) in [6.45, 7) is 3.00. The molecule has 1 aromatic rings. The van der Waals surface area contributed by atoms with Crippen LogP contribution in [0.5, 0.6) is 0 Å². The van der Waals surface area contributed by atoms with E-state index in [1.807, 2.05) is 24.3 Å². The minimum absolute atomic E-state index is 0.00900. The topological polar surface area (TPSA) is 79.4 Å². The van der Waals surface area contributed by atoms with Crippen LogP contribution in [0.3, 0.4) is 0 Å². The number of carbonyl (C=O) groups is 2. The summed E-state index contributed by atoms with van der Waals surface area (Å²) in [7, 11) is 0. The molecule has 2 fully saturated rings. The van der Waals surface area contributed by atoms with E-state index in [4.69, 9.17) is 9.47 Å². The van der Waals surface area contributed by atoms with Gasteiger partial charge in [-0.3, -0.25) is 9.69 Å². The molecule has 33 heavy (non-hydrogen) atoms. The largest absolute Gasteiger partial charge is 0.449 e. The monoisotopic (exact) mass is 445 g/mol. The molecule has 5 rings (SSSR count). The van der Waals surface area contributed by atoms with Gasteiger partial charge in [0.1, 0.15) is 23.0 Å². The van der Waals surface area contributed by atoms with Gasteiger partial charge in [0.25, 0.3) is 0 Å². The lowest BCUT2D eigenvalue weighted by Gasteiger charge is -2.43. The van der Waals surface area contributed by atoms with Gasteiger partial charge in [0.15, 0.2) is 0 Å². The molecule has 1 aromatic carbocycles. The van der Waals surface area contributed by atoms with Crippen LogP contribution in [-0.2, 0) is 19.9 Å². The summed E-state index contributed by atoms with van der Waals surface area (Å²) in [6, 6.07) is 7.26. The number of hydrogen-bond acceptors (Lipinski definition) is 5. The summed E-state index contributed by atoms with van der Waals surface area (Å²) in [5.74, 6) is 12.7. The zero-order valence-electron chi connectivity index (χ0n) is 18.9. The van der Waals surface area contributed by atoms with E-state index in [1.54, 1.807) is 24.0 Å². The second-order valence-corrected chi connectivity index (χ2v) is 9.61. The molecule has 1 saturated carbocycles. The summed E-state index contributed by atoms with van der Waals surface area (Å²) in [5, 5.41) is 10.4. The van der Waals surface area contributed by atoms with Gasteiger partial charge in [0.2, 0.25) is 0 Å². The van der Waals surface area contributed by atoms with Crippen LogP contribution in [0.2, 0.25) is 0 Å². The van der Waals surface area contributed by atoms with Crippen molar-refractivity contribution >= 4 is 17.6 Å². The van der Waals surface area contributed by atoms with Crippen LogP contribution in [0, 0.1) is 29.6 Å². The molecule has 2 heterocycles. The average Bonchev–Trinajstić information content (AvgIpc) is 3.47. The molecule has 1 saturated heterocycles. The number of nitrogens with zero attached hydrogens (tertiary/aromatic N) is 1. The van der Waals surface area contributed by atoms with E-state index in [0.717, 1.165) is 30.5 Å². The van der Waals surface area contributed by atoms with E-state index in [1.165, 1.54) is 6.92 Å². The third-order valence-corrected chi connectivity index (χ3v) is 7.15. The first-order chi connectivity index (χ1) is 15.8. The van der Waals surface area contributed by atoms with Gasteiger partial charge in [-0.25, -0.2) is 4.79 Å². The molecule has 4 bridgehead atoms. The molecule has 1 unspecified atom stereocenters. The van der Waals surface area contributed by atoms with Crippen LogP contribution in [0.4, 0.5) is 10.5 Å². The number of ketones is 1. The van der Waals surface area contributed by atoms with Gasteiger partial charge in [0, 0.05) is 18.4 Å². The van der Waals surface area contributed by atoms with Crippen LogP contribution < -0.4 is 4.90 Å². The molecule has 0 aromatic heterocycles. The lowest BCUT2D eigenvalue weighted by atomic mass is 9.64. The Kier molecular flexibility index (Phi) is 5.12. The van der Waals surface area contributed by atoms with Crippen molar-refractivity contribution in [2.75, 3.05) is 11.5 Å². The number of hydrogen-bond donors (Lipinski definition) is 1. The average molecular weight is 446 g/mol.